The number of aldehydes is 1. The second-order valence-electron chi connectivity index (χ2n) is 10.2. The van der Waals surface area contributed by atoms with E-state index in [0.29, 0.717) is 22.8 Å². The molecule has 0 spiro atoms. The summed E-state index contributed by atoms with van der Waals surface area (Å²) in [5.74, 6) is 1.37. The second-order valence-corrected chi connectivity index (χ2v) is 10.2. The molecule has 0 fully saturated rings. The minimum Gasteiger partial charge on any atom is -0.457 e. The zero-order chi connectivity index (χ0) is 26.6. The Morgan fingerprint density at radius 1 is 0.649 bits per heavy atom. The van der Waals surface area contributed by atoms with Gasteiger partial charge in [-0.1, -0.05) is 88.4 Å². The Morgan fingerprint density at radius 2 is 1.14 bits per heavy atom. The summed E-state index contributed by atoms with van der Waals surface area (Å²) in [5, 5.41) is 0. The van der Waals surface area contributed by atoms with Gasteiger partial charge in [0.25, 0.3) is 0 Å². The summed E-state index contributed by atoms with van der Waals surface area (Å²) < 4.78 is 11.3. The largest absolute Gasteiger partial charge is 0.457 e. The van der Waals surface area contributed by atoms with Crippen LogP contribution in [0.2, 0.25) is 0 Å². The third-order valence-electron chi connectivity index (χ3n) is 7.00. The standard InChI is InChI=1S/C33H32O4/c1-23(35)36-29-16-11-26(12-17-29)32(2,3)27-13-18-30(19-14-27)37-31-20-15-28(21-24(31)22-34)33(4,5)25-9-7-6-8-10-25/h6-22H,1-5H3. The summed E-state index contributed by atoms with van der Waals surface area (Å²) in [7, 11) is 0. The maximum absolute atomic E-state index is 12.0. The summed E-state index contributed by atoms with van der Waals surface area (Å²) in [6.45, 7) is 9.97. The van der Waals surface area contributed by atoms with Gasteiger partial charge >= 0.3 is 5.97 Å². The first-order chi connectivity index (χ1) is 17.6. The molecule has 37 heavy (non-hydrogen) atoms. The third kappa shape index (κ3) is 5.64. The number of hydrogen-bond donors (Lipinski definition) is 0. The molecule has 4 heteroatoms. The molecule has 4 nitrogen and oxygen atoms in total. The molecule has 0 aliphatic rings. The minimum absolute atomic E-state index is 0.249. The van der Waals surface area contributed by atoms with Gasteiger partial charge in [-0.3, -0.25) is 9.59 Å². The van der Waals surface area contributed by atoms with Gasteiger partial charge in [0.1, 0.15) is 17.2 Å². The zero-order valence-electron chi connectivity index (χ0n) is 21.9. The van der Waals surface area contributed by atoms with E-state index in [2.05, 4.69) is 39.8 Å². The lowest BCUT2D eigenvalue weighted by Crippen LogP contribution is -2.19. The topological polar surface area (TPSA) is 52.6 Å². The summed E-state index contributed by atoms with van der Waals surface area (Å²) in [6.07, 6.45) is 0.844. The maximum atomic E-state index is 12.0. The fourth-order valence-corrected chi connectivity index (χ4v) is 4.48. The van der Waals surface area contributed by atoms with Crippen LogP contribution >= 0.6 is 0 Å². The maximum Gasteiger partial charge on any atom is 0.308 e. The minimum atomic E-state index is -0.338. The van der Waals surface area contributed by atoms with E-state index in [1.807, 2.05) is 72.8 Å². The van der Waals surface area contributed by atoms with Crippen molar-refractivity contribution >= 4 is 12.3 Å². The number of carbonyl (C=O) groups excluding carboxylic acids is 2. The van der Waals surface area contributed by atoms with Crippen molar-refractivity contribution < 1.29 is 19.1 Å². The Hall–Kier alpha value is -4.18. The highest BCUT2D eigenvalue weighted by atomic mass is 16.5. The molecule has 4 aromatic carbocycles. The zero-order valence-corrected chi connectivity index (χ0v) is 21.9. The van der Waals surface area contributed by atoms with E-state index in [9.17, 15) is 9.59 Å². The molecule has 0 saturated heterocycles. The molecule has 0 amide bonds. The van der Waals surface area contributed by atoms with E-state index in [-0.39, 0.29) is 16.8 Å². The number of ether oxygens (including phenoxy) is 2. The molecule has 0 bridgehead atoms. The molecule has 0 aromatic heterocycles. The Morgan fingerprint density at radius 3 is 1.68 bits per heavy atom. The smallest absolute Gasteiger partial charge is 0.308 e. The molecule has 4 rings (SSSR count). The van der Waals surface area contributed by atoms with E-state index < -0.39 is 0 Å². The second kappa shape index (κ2) is 10.4. The predicted octanol–water partition coefficient (Wildman–Crippen LogP) is 7.87. The molecule has 4 aromatic rings. The fourth-order valence-electron chi connectivity index (χ4n) is 4.48. The van der Waals surface area contributed by atoms with E-state index >= 15 is 0 Å². The normalized spacial score (nSPS) is 11.6. The van der Waals surface area contributed by atoms with E-state index in [0.717, 1.165) is 23.0 Å². The number of carbonyl (C=O) groups is 2. The van der Waals surface area contributed by atoms with Gasteiger partial charge in [-0.2, -0.15) is 0 Å². The fraction of sp³-hybridized carbons (Fsp3) is 0.212. The van der Waals surface area contributed by atoms with Crippen molar-refractivity contribution in [3.05, 3.63) is 125 Å². The Bertz CT molecular complexity index is 1380. The lowest BCUT2D eigenvalue weighted by Gasteiger charge is -2.27. The van der Waals surface area contributed by atoms with Crippen molar-refractivity contribution in [3.63, 3.8) is 0 Å². The third-order valence-corrected chi connectivity index (χ3v) is 7.00. The average molecular weight is 493 g/mol. The van der Waals surface area contributed by atoms with Crippen LogP contribution in [-0.2, 0) is 15.6 Å². The van der Waals surface area contributed by atoms with Crippen molar-refractivity contribution in [3.8, 4) is 17.2 Å². The van der Waals surface area contributed by atoms with Gasteiger partial charge in [-0.15, -0.1) is 0 Å². The number of benzene rings is 4. The first-order valence-corrected chi connectivity index (χ1v) is 12.3. The van der Waals surface area contributed by atoms with Gasteiger partial charge in [0.2, 0.25) is 0 Å². The summed E-state index contributed by atoms with van der Waals surface area (Å²) in [4.78, 5) is 23.1. The average Bonchev–Trinajstić information content (AvgIpc) is 2.89. The SMILES string of the molecule is CC(=O)Oc1ccc(C(C)(C)c2ccc(Oc3ccc(C(C)(C)c4ccccc4)cc3C=O)cc2)cc1. The number of hydrogen-bond acceptors (Lipinski definition) is 4. The summed E-state index contributed by atoms with van der Waals surface area (Å²) in [6, 6.07) is 31.5. The van der Waals surface area contributed by atoms with Crippen LogP contribution < -0.4 is 9.47 Å². The Balaban J connectivity index is 1.53. The van der Waals surface area contributed by atoms with Gasteiger partial charge in [-0.05, 0) is 58.7 Å². The van der Waals surface area contributed by atoms with Crippen LogP contribution in [0, 0.1) is 0 Å². The van der Waals surface area contributed by atoms with Crippen molar-refractivity contribution in [2.75, 3.05) is 0 Å². The first kappa shape index (κ1) is 25.9. The van der Waals surface area contributed by atoms with Gasteiger partial charge in [0, 0.05) is 17.8 Å². The number of esters is 1. The molecular formula is C33H32O4. The van der Waals surface area contributed by atoms with Crippen LogP contribution in [-0.4, -0.2) is 12.3 Å². The molecule has 0 radical (unpaired) electrons. The van der Waals surface area contributed by atoms with Crippen LogP contribution in [0.4, 0.5) is 0 Å². The molecule has 0 unspecified atom stereocenters. The molecule has 0 saturated carbocycles. The lowest BCUT2D eigenvalue weighted by molar-refractivity contribution is -0.131. The molecular weight excluding hydrogens is 460 g/mol. The first-order valence-electron chi connectivity index (χ1n) is 12.3. The quantitative estimate of drug-likeness (QED) is 0.143. The highest BCUT2D eigenvalue weighted by molar-refractivity contribution is 5.80. The van der Waals surface area contributed by atoms with Gasteiger partial charge in [0.05, 0.1) is 5.56 Å². The molecule has 0 N–H and O–H groups in total. The number of rotatable bonds is 8. The summed E-state index contributed by atoms with van der Waals surface area (Å²) in [5.41, 5.74) is 4.42. The van der Waals surface area contributed by atoms with Crippen LogP contribution in [0.25, 0.3) is 0 Å². The van der Waals surface area contributed by atoms with Crippen molar-refractivity contribution in [2.45, 2.75) is 45.4 Å². The van der Waals surface area contributed by atoms with Crippen molar-refractivity contribution in [1.29, 1.82) is 0 Å². The molecule has 0 heterocycles. The van der Waals surface area contributed by atoms with Crippen LogP contribution in [0.5, 0.6) is 17.2 Å². The van der Waals surface area contributed by atoms with Gasteiger partial charge in [0.15, 0.2) is 6.29 Å². The highest BCUT2D eigenvalue weighted by Gasteiger charge is 2.25. The van der Waals surface area contributed by atoms with E-state index in [4.69, 9.17) is 9.47 Å². The highest BCUT2D eigenvalue weighted by Crippen LogP contribution is 2.36. The lowest BCUT2D eigenvalue weighted by atomic mass is 9.77. The van der Waals surface area contributed by atoms with Crippen molar-refractivity contribution in [2.24, 2.45) is 0 Å². The molecule has 0 atom stereocenters. The molecule has 188 valence electrons. The molecule has 0 aliphatic carbocycles. The van der Waals surface area contributed by atoms with Gasteiger partial charge < -0.3 is 9.47 Å². The van der Waals surface area contributed by atoms with E-state index in [1.165, 1.54) is 12.5 Å². The van der Waals surface area contributed by atoms with Crippen molar-refractivity contribution in [1.82, 2.24) is 0 Å². The Labute approximate surface area is 218 Å². The van der Waals surface area contributed by atoms with Gasteiger partial charge in [-0.25, -0.2) is 0 Å². The van der Waals surface area contributed by atoms with Crippen LogP contribution in [0.1, 0.15) is 67.2 Å². The predicted molar refractivity (Wildman–Crippen MR) is 147 cm³/mol. The summed E-state index contributed by atoms with van der Waals surface area (Å²) >= 11 is 0. The van der Waals surface area contributed by atoms with Crippen LogP contribution in [0.3, 0.4) is 0 Å². The van der Waals surface area contributed by atoms with Crippen LogP contribution in [0.15, 0.2) is 97.1 Å². The molecule has 0 aliphatic heterocycles. The monoisotopic (exact) mass is 492 g/mol. The Kier molecular flexibility index (Phi) is 7.30. The van der Waals surface area contributed by atoms with E-state index in [1.54, 1.807) is 12.1 Å².